The van der Waals surface area contributed by atoms with Crippen LogP contribution in [0.3, 0.4) is 0 Å². The molecule has 0 spiro atoms. The maximum atomic E-state index is 11.6. The van der Waals surface area contributed by atoms with Crippen LogP contribution in [0.15, 0.2) is 11.8 Å². The minimum absolute atomic E-state index is 0.244. The lowest BCUT2D eigenvalue weighted by atomic mass is 9.84. The van der Waals surface area contributed by atoms with Crippen LogP contribution in [0.1, 0.15) is 58.3 Å². The number of ether oxygens (including phenoxy) is 1. The van der Waals surface area contributed by atoms with Crippen LogP contribution in [0, 0.1) is 5.41 Å². The number of allylic oxidation sites excluding steroid dienone is 1. The lowest BCUT2D eigenvalue weighted by Crippen LogP contribution is -2.31. The van der Waals surface area contributed by atoms with Crippen LogP contribution in [0.5, 0.6) is 0 Å². The summed E-state index contributed by atoms with van der Waals surface area (Å²) in [6, 6.07) is 0. The summed E-state index contributed by atoms with van der Waals surface area (Å²) < 4.78 is 17.3. The van der Waals surface area contributed by atoms with Gasteiger partial charge in [0.2, 0.25) is 0 Å². The second-order valence-electron chi connectivity index (χ2n) is 6.16. The summed E-state index contributed by atoms with van der Waals surface area (Å²) in [6.45, 7) is 3.05. The van der Waals surface area contributed by atoms with Gasteiger partial charge < -0.3 is 4.74 Å². The maximum absolute atomic E-state index is 11.6. The first-order valence-electron chi connectivity index (χ1n) is 7.32. The fourth-order valence-electron chi connectivity index (χ4n) is 3.00. The van der Waals surface area contributed by atoms with Gasteiger partial charge in [-0.3, -0.25) is 4.21 Å². The van der Waals surface area contributed by atoms with Crippen molar-refractivity contribution >= 4 is 10.8 Å². The second-order valence-corrected chi connectivity index (χ2v) is 7.74. The van der Waals surface area contributed by atoms with Crippen molar-refractivity contribution in [3.05, 3.63) is 11.8 Å². The van der Waals surface area contributed by atoms with E-state index in [1.165, 1.54) is 44.1 Å². The lowest BCUT2D eigenvalue weighted by molar-refractivity contribution is 0.176. The van der Waals surface area contributed by atoms with Crippen LogP contribution in [-0.4, -0.2) is 22.3 Å². The Kier molecular flexibility index (Phi) is 5.28. The van der Waals surface area contributed by atoms with Crippen molar-refractivity contribution in [3.8, 4) is 0 Å². The number of rotatable bonds is 4. The smallest absolute Gasteiger partial charge is 0.0878 e. The van der Waals surface area contributed by atoms with Crippen molar-refractivity contribution in [2.24, 2.45) is 5.41 Å². The molecular weight excluding hydrogens is 244 g/mol. The monoisotopic (exact) mass is 270 g/mol. The molecule has 2 atom stereocenters. The summed E-state index contributed by atoms with van der Waals surface area (Å²) in [7, 11) is -0.590. The molecular formula is C15H26O2S. The highest BCUT2D eigenvalue weighted by Gasteiger charge is 2.30. The molecule has 0 aromatic heterocycles. The third-order valence-corrected chi connectivity index (χ3v) is 5.99. The fourth-order valence-corrected chi connectivity index (χ4v) is 4.67. The highest BCUT2D eigenvalue weighted by atomic mass is 32.2. The van der Waals surface area contributed by atoms with Crippen LogP contribution in [0.2, 0.25) is 0 Å². The van der Waals surface area contributed by atoms with Crippen LogP contribution in [-0.2, 0) is 15.5 Å². The van der Waals surface area contributed by atoms with Gasteiger partial charge in [0.05, 0.1) is 12.9 Å². The van der Waals surface area contributed by atoms with Gasteiger partial charge >= 0.3 is 0 Å². The SMILES string of the molecule is CC1(CCOC=C2CCCCC2)CCCS(=O)C1. The summed E-state index contributed by atoms with van der Waals surface area (Å²) in [5, 5.41) is 0. The van der Waals surface area contributed by atoms with Crippen LogP contribution in [0.4, 0.5) is 0 Å². The summed E-state index contributed by atoms with van der Waals surface area (Å²) in [6.07, 6.45) is 11.8. The van der Waals surface area contributed by atoms with E-state index in [1.54, 1.807) is 0 Å². The third kappa shape index (κ3) is 4.42. The zero-order valence-corrected chi connectivity index (χ0v) is 12.4. The van der Waals surface area contributed by atoms with Crippen molar-refractivity contribution < 1.29 is 8.95 Å². The predicted molar refractivity (Wildman–Crippen MR) is 77.0 cm³/mol. The molecule has 1 saturated heterocycles. The van der Waals surface area contributed by atoms with E-state index in [2.05, 4.69) is 6.92 Å². The molecule has 2 unspecified atom stereocenters. The Morgan fingerprint density at radius 2 is 2.06 bits per heavy atom. The Labute approximate surface area is 114 Å². The van der Waals surface area contributed by atoms with E-state index in [0.29, 0.717) is 0 Å². The number of hydrogen-bond donors (Lipinski definition) is 0. The minimum atomic E-state index is -0.590. The van der Waals surface area contributed by atoms with E-state index in [-0.39, 0.29) is 5.41 Å². The average molecular weight is 270 g/mol. The quantitative estimate of drug-likeness (QED) is 0.574. The lowest BCUT2D eigenvalue weighted by Gasteiger charge is -2.32. The molecule has 0 aromatic rings. The highest BCUT2D eigenvalue weighted by Crippen LogP contribution is 2.33. The van der Waals surface area contributed by atoms with Gasteiger partial charge in [0.25, 0.3) is 0 Å². The van der Waals surface area contributed by atoms with E-state index in [9.17, 15) is 4.21 Å². The molecule has 3 heteroatoms. The summed E-state index contributed by atoms with van der Waals surface area (Å²) >= 11 is 0. The fraction of sp³-hybridized carbons (Fsp3) is 0.867. The summed E-state index contributed by atoms with van der Waals surface area (Å²) in [5.74, 6) is 1.77. The average Bonchev–Trinajstić information content (AvgIpc) is 2.36. The molecule has 2 aliphatic rings. The summed E-state index contributed by atoms with van der Waals surface area (Å²) in [4.78, 5) is 0. The van der Waals surface area contributed by atoms with Gasteiger partial charge in [0.1, 0.15) is 0 Å². The molecule has 2 rings (SSSR count). The first kappa shape index (κ1) is 14.1. The molecule has 0 N–H and O–H groups in total. The first-order chi connectivity index (χ1) is 8.68. The van der Waals surface area contributed by atoms with Crippen molar-refractivity contribution in [2.75, 3.05) is 18.1 Å². The van der Waals surface area contributed by atoms with Crippen molar-refractivity contribution in [1.29, 1.82) is 0 Å². The van der Waals surface area contributed by atoms with Crippen molar-refractivity contribution in [2.45, 2.75) is 58.3 Å². The van der Waals surface area contributed by atoms with Gasteiger partial charge in [-0.2, -0.15) is 0 Å². The van der Waals surface area contributed by atoms with Gasteiger partial charge in [-0.15, -0.1) is 0 Å². The molecule has 0 bridgehead atoms. The van der Waals surface area contributed by atoms with Gasteiger partial charge in [0, 0.05) is 22.3 Å². The van der Waals surface area contributed by atoms with Crippen molar-refractivity contribution in [3.63, 3.8) is 0 Å². The molecule has 0 aromatic carbocycles. The molecule has 1 aliphatic heterocycles. The standard InChI is InChI=1S/C15H26O2S/c1-15(8-5-11-18(16)13-15)9-10-17-12-14-6-3-2-4-7-14/h12H,2-11,13H2,1H3. The number of hydrogen-bond acceptors (Lipinski definition) is 2. The molecule has 1 heterocycles. The zero-order chi connectivity index (χ0) is 12.8. The molecule has 1 saturated carbocycles. The Balaban J connectivity index is 1.69. The molecule has 2 nitrogen and oxygen atoms in total. The Morgan fingerprint density at radius 1 is 1.28 bits per heavy atom. The molecule has 18 heavy (non-hydrogen) atoms. The van der Waals surface area contributed by atoms with Crippen LogP contribution >= 0.6 is 0 Å². The van der Waals surface area contributed by atoms with Gasteiger partial charge in [0.15, 0.2) is 0 Å². The zero-order valence-electron chi connectivity index (χ0n) is 11.6. The highest BCUT2D eigenvalue weighted by molar-refractivity contribution is 7.85. The molecule has 2 fully saturated rings. The largest absolute Gasteiger partial charge is 0.501 e. The molecule has 0 radical (unpaired) electrons. The van der Waals surface area contributed by atoms with E-state index in [0.717, 1.165) is 31.0 Å². The third-order valence-electron chi connectivity index (χ3n) is 4.23. The van der Waals surface area contributed by atoms with Gasteiger partial charge in [-0.05, 0) is 55.9 Å². The minimum Gasteiger partial charge on any atom is -0.501 e. The molecule has 1 aliphatic carbocycles. The topological polar surface area (TPSA) is 26.3 Å². The Hall–Kier alpha value is -0.310. The van der Waals surface area contributed by atoms with Gasteiger partial charge in [-0.25, -0.2) is 0 Å². The molecule has 104 valence electrons. The molecule has 0 amide bonds. The van der Waals surface area contributed by atoms with E-state index >= 15 is 0 Å². The Morgan fingerprint density at radius 3 is 2.78 bits per heavy atom. The van der Waals surface area contributed by atoms with E-state index in [4.69, 9.17) is 4.74 Å². The van der Waals surface area contributed by atoms with Crippen LogP contribution in [0.25, 0.3) is 0 Å². The normalized spacial score (nSPS) is 33.2. The van der Waals surface area contributed by atoms with Crippen LogP contribution < -0.4 is 0 Å². The van der Waals surface area contributed by atoms with Crippen molar-refractivity contribution in [1.82, 2.24) is 0 Å². The maximum Gasteiger partial charge on any atom is 0.0878 e. The Bertz CT molecular complexity index is 316. The second kappa shape index (κ2) is 6.74. The first-order valence-corrected chi connectivity index (χ1v) is 8.81. The van der Waals surface area contributed by atoms with E-state index in [1.807, 2.05) is 6.26 Å². The van der Waals surface area contributed by atoms with Gasteiger partial charge in [-0.1, -0.05) is 13.3 Å². The predicted octanol–water partition coefficient (Wildman–Crippen LogP) is 3.79. The summed E-state index contributed by atoms with van der Waals surface area (Å²) in [5.41, 5.74) is 1.73. The van der Waals surface area contributed by atoms with E-state index < -0.39 is 10.8 Å².